The van der Waals surface area contributed by atoms with Gasteiger partial charge in [0, 0.05) is 18.8 Å². The van der Waals surface area contributed by atoms with E-state index in [1.54, 1.807) is 0 Å². The fourth-order valence-electron chi connectivity index (χ4n) is 2.93. The quantitative estimate of drug-likeness (QED) is 0.720. The molecule has 112 valence electrons. The Kier molecular flexibility index (Phi) is 6.31. The Bertz CT molecular complexity index is 374. The molecule has 1 N–H and O–H groups in total. The van der Waals surface area contributed by atoms with Crippen molar-refractivity contribution in [3.8, 4) is 0 Å². The molecule has 0 radical (unpaired) electrons. The van der Waals surface area contributed by atoms with Gasteiger partial charge >= 0.3 is 0 Å². The maximum absolute atomic E-state index is 4.57. The van der Waals surface area contributed by atoms with Crippen LogP contribution in [0, 0.1) is 0 Å². The number of likely N-dealkylation sites (tertiary alicyclic amines) is 1. The van der Waals surface area contributed by atoms with Crippen LogP contribution in [0.4, 0.5) is 5.82 Å². The first-order valence-electron chi connectivity index (χ1n) is 8.29. The van der Waals surface area contributed by atoms with Gasteiger partial charge in [0.25, 0.3) is 0 Å². The largest absolute Gasteiger partial charge is 0.370 e. The van der Waals surface area contributed by atoms with E-state index in [2.05, 4.69) is 47.4 Å². The van der Waals surface area contributed by atoms with Gasteiger partial charge in [0.2, 0.25) is 0 Å². The first kappa shape index (κ1) is 15.3. The van der Waals surface area contributed by atoms with Gasteiger partial charge in [0.1, 0.15) is 5.82 Å². The summed E-state index contributed by atoms with van der Waals surface area (Å²) in [5, 5.41) is 3.38. The van der Waals surface area contributed by atoms with E-state index < -0.39 is 0 Å². The molecule has 0 saturated carbocycles. The van der Waals surface area contributed by atoms with E-state index in [4.69, 9.17) is 0 Å². The first-order valence-corrected chi connectivity index (χ1v) is 8.29. The van der Waals surface area contributed by atoms with E-state index in [0.717, 1.165) is 12.4 Å². The first-order chi connectivity index (χ1) is 9.85. The monoisotopic (exact) mass is 275 g/mol. The van der Waals surface area contributed by atoms with Crippen molar-refractivity contribution in [3.63, 3.8) is 0 Å². The van der Waals surface area contributed by atoms with Crippen molar-refractivity contribution in [1.29, 1.82) is 0 Å². The highest BCUT2D eigenvalue weighted by Crippen LogP contribution is 2.31. The van der Waals surface area contributed by atoms with Crippen LogP contribution in [-0.4, -0.2) is 29.5 Å². The number of anilines is 1. The lowest BCUT2D eigenvalue weighted by atomic mass is 10.1. The van der Waals surface area contributed by atoms with Crippen LogP contribution >= 0.6 is 0 Å². The average Bonchev–Trinajstić information content (AvgIpc) is 2.94. The molecule has 1 aromatic heterocycles. The van der Waals surface area contributed by atoms with Crippen LogP contribution in [0.25, 0.3) is 0 Å². The minimum absolute atomic E-state index is 0.596. The molecular weight excluding hydrogens is 246 g/mol. The smallest absolute Gasteiger partial charge is 0.125 e. The summed E-state index contributed by atoms with van der Waals surface area (Å²) in [6.45, 7) is 7.99. The predicted molar refractivity (Wildman–Crippen MR) is 86.1 cm³/mol. The van der Waals surface area contributed by atoms with E-state index >= 15 is 0 Å². The van der Waals surface area contributed by atoms with Gasteiger partial charge in [0.05, 0.1) is 0 Å². The zero-order chi connectivity index (χ0) is 14.2. The van der Waals surface area contributed by atoms with Crippen LogP contribution in [0.15, 0.2) is 18.3 Å². The Balaban J connectivity index is 1.91. The molecule has 1 atom stereocenters. The minimum Gasteiger partial charge on any atom is -0.370 e. The van der Waals surface area contributed by atoms with Gasteiger partial charge < -0.3 is 5.32 Å². The Hall–Kier alpha value is -1.09. The predicted octanol–water partition coefficient (Wildman–Crippen LogP) is 4.23. The Morgan fingerprint density at radius 2 is 2.10 bits per heavy atom. The van der Waals surface area contributed by atoms with Gasteiger partial charge in [-0.05, 0) is 50.4 Å². The lowest BCUT2D eigenvalue weighted by Gasteiger charge is -2.24. The topological polar surface area (TPSA) is 28.2 Å². The highest BCUT2D eigenvalue weighted by molar-refractivity contribution is 5.36. The molecule has 0 bridgehead atoms. The van der Waals surface area contributed by atoms with Gasteiger partial charge in [-0.2, -0.15) is 0 Å². The SMILES string of the molecule is CCCCNc1ccc([C@@H]2CCCN2CCCC)cn1. The maximum atomic E-state index is 4.57. The molecule has 20 heavy (non-hydrogen) atoms. The molecule has 1 aliphatic rings. The van der Waals surface area contributed by atoms with Crippen molar-refractivity contribution in [2.24, 2.45) is 0 Å². The second-order valence-corrected chi connectivity index (χ2v) is 5.80. The molecule has 2 rings (SSSR count). The molecule has 0 amide bonds. The van der Waals surface area contributed by atoms with Crippen LogP contribution < -0.4 is 5.32 Å². The highest BCUT2D eigenvalue weighted by Gasteiger charge is 2.25. The summed E-state index contributed by atoms with van der Waals surface area (Å²) in [5.74, 6) is 1.01. The number of nitrogens with one attached hydrogen (secondary N) is 1. The molecule has 1 fully saturated rings. The lowest BCUT2D eigenvalue weighted by molar-refractivity contribution is 0.253. The highest BCUT2D eigenvalue weighted by atomic mass is 15.2. The number of nitrogens with zero attached hydrogens (tertiary/aromatic N) is 2. The molecular formula is C17H29N3. The van der Waals surface area contributed by atoms with Crippen molar-refractivity contribution < 1.29 is 0 Å². The number of hydrogen-bond acceptors (Lipinski definition) is 3. The maximum Gasteiger partial charge on any atom is 0.125 e. The fraction of sp³-hybridized carbons (Fsp3) is 0.706. The van der Waals surface area contributed by atoms with Crippen molar-refractivity contribution in [2.45, 2.75) is 58.4 Å². The Morgan fingerprint density at radius 3 is 2.80 bits per heavy atom. The standard InChI is InChI=1S/C17H29N3/c1-3-5-11-18-17-10-9-15(14-19-17)16-8-7-13-20(16)12-6-4-2/h9-10,14,16H,3-8,11-13H2,1-2H3,(H,18,19)/t16-/m0/s1. The fourth-order valence-corrected chi connectivity index (χ4v) is 2.93. The van der Waals surface area contributed by atoms with Crippen molar-refractivity contribution in [2.75, 3.05) is 25.0 Å². The van der Waals surface area contributed by atoms with Gasteiger partial charge in [-0.3, -0.25) is 4.90 Å². The molecule has 0 aliphatic carbocycles. The van der Waals surface area contributed by atoms with Gasteiger partial charge in [-0.25, -0.2) is 4.98 Å². The summed E-state index contributed by atoms with van der Waals surface area (Å²) in [5.41, 5.74) is 1.39. The van der Waals surface area contributed by atoms with Crippen molar-refractivity contribution in [1.82, 2.24) is 9.88 Å². The third-order valence-corrected chi connectivity index (χ3v) is 4.17. The molecule has 3 heteroatoms. The lowest BCUT2D eigenvalue weighted by Crippen LogP contribution is -2.24. The third kappa shape index (κ3) is 4.20. The second-order valence-electron chi connectivity index (χ2n) is 5.80. The molecule has 3 nitrogen and oxygen atoms in total. The summed E-state index contributed by atoms with van der Waals surface area (Å²) in [4.78, 5) is 7.20. The van der Waals surface area contributed by atoms with Gasteiger partial charge in [-0.1, -0.05) is 32.8 Å². The molecule has 0 unspecified atom stereocenters. The molecule has 1 aliphatic heterocycles. The Labute approximate surface area is 123 Å². The normalized spacial score (nSPS) is 19.4. The summed E-state index contributed by atoms with van der Waals surface area (Å²) in [6, 6.07) is 5.00. The summed E-state index contributed by atoms with van der Waals surface area (Å²) in [7, 11) is 0. The molecule has 1 aromatic rings. The average molecular weight is 275 g/mol. The third-order valence-electron chi connectivity index (χ3n) is 4.17. The van der Waals surface area contributed by atoms with E-state index in [9.17, 15) is 0 Å². The zero-order valence-corrected chi connectivity index (χ0v) is 13.1. The van der Waals surface area contributed by atoms with Crippen molar-refractivity contribution in [3.05, 3.63) is 23.9 Å². The zero-order valence-electron chi connectivity index (χ0n) is 13.1. The molecule has 2 heterocycles. The molecule has 1 saturated heterocycles. The summed E-state index contributed by atoms with van der Waals surface area (Å²) >= 11 is 0. The molecule has 0 spiro atoms. The Morgan fingerprint density at radius 1 is 1.25 bits per heavy atom. The van der Waals surface area contributed by atoms with E-state index in [1.807, 2.05) is 0 Å². The molecule has 0 aromatic carbocycles. The van der Waals surface area contributed by atoms with Crippen LogP contribution in [0.1, 0.15) is 64.0 Å². The summed E-state index contributed by atoms with van der Waals surface area (Å²) in [6.07, 6.45) is 9.70. The number of pyridine rings is 1. The van der Waals surface area contributed by atoms with E-state index in [0.29, 0.717) is 6.04 Å². The number of aromatic nitrogens is 1. The number of unbranched alkanes of at least 4 members (excludes halogenated alkanes) is 2. The van der Waals surface area contributed by atoms with E-state index in [1.165, 1.54) is 57.2 Å². The van der Waals surface area contributed by atoms with Crippen molar-refractivity contribution >= 4 is 5.82 Å². The van der Waals surface area contributed by atoms with Gasteiger partial charge in [0.15, 0.2) is 0 Å². The summed E-state index contributed by atoms with van der Waals surface area (Å²) < 4.78 is 0. The van der Waals surface area contributed by atoms with Crippen LogP contribution in [0.5, 0.6) is 0 Å². The van der Waals surface area contributed by atoms with Crippen LogP contribution in [-0.2, 0) is 0 Å². The van der Waals surface area contributed by atoms with Gasteiger partial charge in [-0.15, -0.1) is 0 Å². The van der Waals surface area contributed by atoms with E-state index in [-0.39, 0.29) is 0 Å². The number of rotatable bonds is 8. The van der Waals surface area contributed by atoms with Crippen LogP contribution in [0.2, 0.25) is 0 Å². The van der Waals surface area contributed by atoms with Crippen LogP contribution in [0.3, 0.4) is 0 Å². The minimum atomic E-state index is 0.596. The second kappa shape index (κ2) is 8.25. The number of hydrogen-bond donors (Lipinski definition) is 1.